The van der Waals surface area contributed by atoms with Crippen LogP contribution in [-0.4, -0.2) is 47.2 Å². The Morgan fingerprint density at radius 1 is 1.10 bits per heavy atom. The summed E-state index contributed by atoms with van der Waals surface area (Å²) in [4.78, 5) is 15.6. The predicted octanol–water partition coefficient (Wildman–Crippen LogP) is 4.16. The lowest BCUT2D eigenvalue weighted by Crippen LogP contribution is -2.48. The zero-order valence-corrected chi connectivity index (χ0v) is 16.1. The van der Waals surface area contributed by atoms with E-state index in [0.29, 0.717) is 59.3 Å². The largest absolute Gasteiger partial charge is 0.456 e. The van der Waals surface area contributed by atoms with Crippen molar-refractivity contribution in [1.82, 2.24) is 15.1 Å². The van der Waals surface area contributed by atoms with Crippen LogP contribution in [0.2, 0.25) is 5.15 Å². The summed E-state index contributed by atoms with van der Waals surface area (Å²) in [6.07, 6.45) is 1.32. The van der Waals surface area contributed by atoms with Gasteiger partial charge < -0.3 is 14.2 Å². The number of nitrogens with zero attached hydrogens (tertiary/aromatic N) is 4. The van der Waals surface area contributed by atoms with Gasteiger partial charge in [0.15, 0.2) is 11.0 Å². The Balaban J connectivity index is 1.64. The number of benzene rings is 2. The van der Waals surface area contributed by atoms with Crippen LogP contribution in [0.15, 0.2) is 47.4 Å². The van der Waals surface area contributed by atoms with Gasteiger partial charge in [0, 0.05) is 42.3 Å². The first kappa shape index (κ1) is 17.9. The summed E-state index contributed by atoms with van der Waals surface area (Å²) in [5.41, 5.74) is 1.04. The second kappa shape index (κ2) is 6.70. The minimum absolute atomic E-state index is 0.0808. The molecule has 146 valence electrons. The van der Waals surface area contributed by atoms with E-state index in [2.05, 4.69) is 21.7 Å². The number of anilines is 1. The topological polar surface area (TPSA) is 62.5 Å². The van der Waals surface area contributed by atoms with Gasteiger partial charge in [0.2, 0.25) is 5.91 Å². The van der Waals surface area contributed by atoms with Gasteiger partial charge in [0.25, 0.3) is 0 Å². The molecule has 1 aliphatic rings. The number of amides is 1. The van der Waals surface area contributed by atoms with Crippen LogP contribution in [-0.2, 0) is 4.79 Å². The van der Waals surface area contributed by atoms with E-state index in [9.17, 15) is 9.18 Å². The van der Waals surface area contributed by atoms with Gasteiger partial charge in [-0.05, 0) is 30.3 Å². The van der Waals surface area contributed by atoms with Crippen LogP contribution in [0.4, 0.5) is 10.2 Å². The number of aromatic nitrogens is 2. The molecule has 5 rings (SSSR count). The number of halogens is 2. The maximum Gasteiger partial charge on any atom is 0.246 e. The Kier molecular flexibility index (Phi) is 4.13. The smallest absolute Gasteiger partial charge is 0.246 e. The van der Waals surface area contributed by atoms with E-state index in [-0.39, 0.29) is 16.9 Å². The number of carbonyl (C=O) groups is 1. The summed E-state index contributed by atoms with van der Waals surface area (Å²) in [5.74, 6) is 0.239. The molecule has 1 fully saturated rings. The molecule has 8 heteroatoms. The van der Waals surface area contributed by atoms with Crippen LogP contribution < -0.4 is 4.90 Å². The van der Waals surface area contributed by atoms with E-state index in [1.807, 2.05) is 6.07 Å². The van der Waals surface area contributed by atoms with Gasteiger partial charge >= 0.3 is 0 Å². The van der Waals surface area contributed by atoms with Gasteiger partial charge in [-0.2, -0.15) is 0 Å². The Hall–Kier alpha value is -3.19. The van der Waals surface area contributed by atoms with E-state index >= 15 is 0 Å². The molecule has 2 aromatic carbocycles. The summed E-state index contributed by atoms with van der Waals surface area (Å²) in [7, 11) is 0. The molecule has 6 nitrogen and oxygen atoms in total. The van der Waals surface area contributed by atoms with Crippen LogP contribution in [0.5, 0.6) is 0 Å². The Morgan fingerprint density at radius 3 is 2.66 bits per heavy atom. The van der Waals surface area contributed by atoms with Crippen molar-refractivity contribution in [2.24, 2.45) is 0 Å². The van der Waals surface area contributed by atoms with Crippen LogP contribution in [0, 0.1) is 5.82 Å². The third-order valence-electron chi connectivity index (χ3n) is 5.35. The normalized spacial score (nSPS) is 14.8. The van der Waals surface area contributed by atoms with E-state index in [1.165, 1.54) is 12.1 Å². The molecule has 0 radical (unpaired) electrons. The van der Waals surface area contributed by atoms with Crippen molar-refractivity contribution in [2.75, 3.05) is 31.1 Å². The van der Waals surface area contributed by atoms with E-state index < -0.39 is 0 Å². The fourth-order valence-electron chi connectivity index (χ4n) is 3.88. The standard InChI is InChI=1S/C21H16ClFN4O2/c1-2-18(28)26-6-8-27(9-7-26)21-13-11-17-14(10-12(13)20(22)24-25-21)19-15(23)4-3-5-16(19)29-17/h2-5,10-11H,1,6-9H2. The van der Waals surface area contributed by atoms with Crippen molar-refractivity contribution < 1.29 is 13.6 Å². The number of rotatable bonds is 2. The van der Waals surface area contributed by atoms with Crippen LogP contribution in [0.25, 0.3) is 32.7 Å². The lowest BCUT2D eigenvalue weighted by molar-refractivity contribution is -0.126. The Labute approximate surface area is 170 Å². The monoisotopic (exact) mass is 410 g/mol. The second-order valence-electron chi connectivity index (χ2n) is 6.94. The molecule has 29 heavy (non-hydrogen) atoms. The Bertz CT molecular complexity index is 1290. The molecule has 0 unspecified atom stereocenters. The highest BCUT2D eigenvalue weighted by molar-refractivity contribution is 6.35. The molecular weight excluding hydrogens is 395 g/mol. The summed E-state index contributed by atoms with van der Waals surface area (Å²) in [6.45, 7) is 5.88. The minimum atomic E-state index is -0.345. The SMILES string of the molecule is C=CC(=O)N1CCN(c2nnc(Cl)c3cc4c(cc23)oc2cccc(F)c24)CC1. The van der Waals surface area contributed by atoms with Crippen molar-refractivity contribution in [3.05, 3.63) is 54.0 Å². The molecule has 4 aromatic rings. The number of piperazine rings is 1. The molecule has 0 bridgehead atoms. The van der Waals surface area contributed by atoms with Crippen molar-refractivity contribution in [1.29, 1.82) is 0 Å². The summed E-state index contributed by atoms with van der Waals surface area (Å²) in [5, 5.41) is 11.2. The lowest BCUT2D eigenvalue weighted by Gasteiger charge is -2.35. The van der Waals surface area contributed by atoms with Gasteiger partial charge in [-0.3, -0.25) is 4.79 Å². The summed E-state index contributed by atoms with van der Waals surface area (Å²) >= 11 is 6.33. The fraction of sp³-hybridized carbons (Fsp3) is 0.190. The van der Waals surface area contributed by atoms with Crippen molar-refractivity contribution in [3.63, 3.8) is 0 Å². The quantitative estimate of drug-likeness (QED) is 0.464. The number of hydrogen-bond acceptors (Lipinski definition) is 5. The first-order chi connectivity index (χ1) is 14.1. The van der Waals surface area contributed by atoms with E-state index in [1.54, 1.807) is 23.1 Å². The van der Waals surface area contributed by atoms with Crippen molar-refractivity contribution >= 4 is 56.0 Å². The van der Waals surface area contributed by atoms with Crippen LogP contribution in [0.1, 0.15) is 0 Å². The highest BCUT2D eigenvalue weighted by Gasteiger charge is 2.24. The molecule has 3 heterocycles. The number of fused-ring (bicyclic) bond motifs is 4. The number of furan rings is 1. The summed E-state index contributed by atoms with van der Waals surface area (Å²) < 4.78 is 20.3. The molecule has 2 aromatic heterocycles. The molecule has 0 N–H and O–H groups in total. The van der Waals surface area contributed by atoms with Gasteiger partial charge in [-0.25, -0.2) is 4.39 Å². The zero-order chi connectivity index (χ0) is 20.1. The zero-order valence-electron chi connectivity index (χ0n) is 15.4. The third-order valence-corrected chi connectivity index (χ3v) is 5.62. The molecule has 1 aliphatic heterocycles. The molecule has 1 saturated heterocycles. The highest BCUT2D eigenvalue weighted by Crippen LogP contribution is 2.37. The third kappa shape index (κ3) is 2.81. The lowest BCUT2D eigenvalue weighted by atomic mass is 10.1. The maximum atomic E-state index is 14.4. The second-order valence-corrected chi connectivity index (χ2v) is 7.30. The molecule has 0 atom stereocenters. The maximum absolute atomic E-state index is 14.4. The first-order valence-electron chi connectivity index (χ1n) is 9.20. The van der Waals surface area contributed by atoms with Gasteiger partial charge in [0.05, 0.1) is 5.39 Å². The van der Waals surface area contributed by atoms with Gasteiger partial charge in [-0.15, -0.1) is 10.2 Å². The van der Waals surface area contributed by atoms with E-state index in [0.717, 1.165) is 5.39 Å². The molecule has 0 aliphatic carbocycles. The number of hydrogen-bond donors (Lipinski definition) is 0. The molecule has 0 saturated carbocycles. The van der Waals surface area contributed by atoms with Gasteiger partial charge in [-0.1, -0.05) is 24.2 Å². The highest BCUT2D eigenvalue weighted by atomic mass is 35.5. The van der Waals surface area contributed by atoms with Crippen LogP contribution >= 0.6 is 11.6 Å². The fourth-order valence-corrected chi connectivity index (χ4v) is 4.08. The first-order valence-corrected chi connectivity index (χ1v) is 9.57. The average molecular weight is 411 g/mol. The summed E-state index contributed by atoms with van der Waals surface area (Å²) in [6, 6.07) is 8.39. The molecule has 0 spiro atoms. The van der Waals surface area contributed by atoms with Crippen molar-refractivity contribution in [2.45, 2.75) is 0 Å². The Morgan fingerprint density at radius 2 is 1.90 bits per heavy atom. The molecular formula is C21H16ClFN4O2. The van der Waals surface area contributed by atoms with Gasteiger partial charge in [0.1, 0.15) is 17.0 Å². The van der Waals surface area contributed by atoms with Crippen LogP contribution in [0.3, 0.4) is 0 Å². The number of carbonyl (C=O) groups excluding carboxylic acids is 1. The van der Waals surface area contributed by atoms with Crippen molar-refractivity contribution in [3.8, 4) is 0 Å². The minimum Gasteiger partial charge on any atom is -0.456 e. The molecule has 1 amide bonds. The van der Waals surface area contributed by atoms with E-state index in [4.69, 9.17) is 16.0 Å². The predicted molar refractivity (Wildman–Crippen MR) is 111 cm³/mol. The average Bonchev–Trinajstić information content (AvgIpc) is 3.11.